The lowest BCUT2D eigenvalue weighted by Gasteiger charge is -2.28. The van der Waals surface area contributed by atoms with Crippen molar-refractivity contribution >= 4 is 5.91 Å². The van der Waals surface area contributed by atoms with E-state index >= 15 is 0 Å². The van der Waals surface area contributed by atoms with Crippen LogP contribution in [0.5, 0.6) is 0 Å². The molecule has 16 heavy (non-hydrogen) atoms. The molecule has 0 saturated carbocycles. The van der Waals surface area contributed by atoms with Gasteiger partial charge in [-0.2, -0.15) is 0 Å². The summed E-state index contributed by atoms with van der Waals surface area (Å²) < 4.78 is 0. The van der Waals surface area contributed by atoms with Gasteiger partial charge in [-0.1, -0.05) is 13.8 Å². The molecule has 0 fully saturated rings. The Morgan fingerprint density at radius 2 is 2.38 bits per heavy atom. The zero-order valence-corrected chi connectivity index (χ0v) is 9.81. The van der Waals surface area contributed by atoms with Crippen LogP contribution in [0.15, 0.2) is 12.5 Å². The number of rotatable bonds is 2. The van der Waals surface area contributed by atoms with Crippen molar-refractivity contribution in [3.8, 4) is 0 Å². The summed E-state index contributed by atoms with van der Waals surface area (Å²) in [4.78, 5) is 22.0. The van der Waals surface area contributed by atoms with Crippen molar-refractivity contribution in [2.45, 2.75) is 33.2 Å². The van der Waals surface area contributed by atoms with E-state index in [9.17, 15) is 4.79 Å². The fourth-order valence-corrected chi connectivity index (χ4v) is 1.94. The quantitative estimate of drug-likeness (QED) is 0.755. The number of carbonyl (C=O) groups is 1. The maximum absolute atomic E-state index is 11.9. The summed E-state index contributed by atoms with van der Waals surface area (Å²) in [6, 6.07) is 0. The van der Waals surface area contributed by atoms with E-state index in [1.54, 1.807) is 6.33 Å². The minimum Gasteiger partial charge on any atom is -0.336 e. The average molecular weight is 219 g/mol. The molecule has 0 spiro atoms. The Hall–Kier alpha value is -1.45. The van der Waals surface area contributed by atoms with Crippen LogP contribution in [0, 0.1) is 5.92 Å². The monoisotopic (exact) mass is 219 g/mol. The highest BCUT2D eigenvalue weighted by molar-refractivity contribution is 5.76. The maximum Gasteiger partial charge on any atom is 0.223 e. The van der Waals surface area contributed by atoms with E-state index in [1.165, 1.54) is 5.56 Å². The molecule has 0 unspecified atom stereocenters. The van der Waals surface area contributed by atoms with E-state index < -0.39 is 0 Å². The van der Waals surface area contributed by atoms with Gasteiger partial charge in [-0.3, -0.25) is 4.79 Å². The number of amides is 1. The minimum absolute atomic E-state index is 0.235. The summed E-state index contributed by atoms with van der Waals surface area (Å²) in [5.74, 6) is 0.651. The predicted octanol–water partition coefficient (Wildman–Crippen LogP) is 1.41. The van der Waals surface area contributed by atoms with Gasteiger partial charge >= 0.3 is 0 Å². The molecule has 1 aromatic rings. The molecule has 0 bridgehead atoms. The molecule has 0 saturated heterocycles. The first-order valence-electron chi connectivity index (χ1n) is 5.72. The van der Waals surface area contributed by atoms with Crippen LogP contribution in [-0.2, 0) is 17.8 Å². The molecule has 2 rings (SSSR count). The van der Waals surface area contributed by atoms with Crippen molar-refractivity contribution < 1.29 is 4.79 Å². The van der Waals surface area contributed by atoms with Crippen molar-refractivity contribution in [1.29, 1.82) is 0 Å². The van der Waals surface area contributed by atoms with Crippen molar-refractivity contribution in [3.63, 3.8) is 0 Å². The number of hydrogen-bond acceptors (Lipinski definition) is 3. The van der Waals surface area contributed by atoms with E-state index in [1.807, 2.05) is 11.1 Å². The molecule has 4 nitrogen and oxygen atoms in total. The summed E-state index contributed by atoms with van der Waals surface area (Å²) in [6.45, 7) is 5.57. The molecule has 0 atom stereocenters. The van der Waals surface area contributed by atoms with Crippen LogP contribution in [0.3, 0.4) is 0 Å². The second kappa shape index (κ2) is 4.60. The highest BCUT2D eigenvalue weighted by atomic mass is 16.2. The van der Waals surface area contributed by atoms with Gasteiger partial charge in [0.05, 0.1) is 12.2 Å². The third-order valence-corrected chi connectivity index (χ3v) is 2.81. The van der Waals surface area contributed by atoms with Crippen LogP contribution in [-0.4, -0.2) is 27.3 Å². The lowest BCUT2D eigenvalue weighted by molar-refractivity contribution is -0.132. The minimum atomic E-state index is 0.235. The first kappa shape index (κ1) is 11.0. The molecule has 1 aliphatic rings. The SMILES string of the molecule is CC(C)CC(=O)N1CCc2cncnc2C1. The highest BCUT2D eigenvalue weighted by Crippen LogP contribution is 2.17. The molecule has 0 aliphatic carbocycles. The highest BCUT2D eigenvalue weighted by Gasteiger charge is 2.21. The number of nitrogens with zero attached hydrogens (tertiary/aromatic N) is 3. The molecule has 86 valence electrons. The summed E-state index contributed by atoms with van der Waals surface area (Å²) in [6.07, 6.45) is 4.91. The van der Waals surface area contributed by atoms with Crippen LogP contribution >= 0.6 is 0 Å². The Labute approximate surface area is 95.7 Å². The Balaban J connectivity index is 2.05. The molecule has 0 aromatic carbocycles. The smallest absolute Gasteiger partial charge is 0.223 e. The number of fused-ring (bicyclic) bond motifs is 1. The van der Waals surface area contributed by atoms with Crippen molar-refractivity contribution in [2.24, 2.45) is 5.92 Å². The van der Waals surface area contributed by atoms with Gasteiger partial charge in [0.2, 0.25) is 5.91 Å². The first-order chi connectivity index (χ1) is 7.66. The van der Waals surface area contributed by atoms with Gasteiger partial charge in [-0.15, -0.1) is 0 Å². The lowest BCUT2D eigenvalue weighted by atomic mass is 10.0. The van der Waals surface area contributed by atoms with Gasteiger partial charge in [-0.25, -0.2) is 9.97 Å². The zero-order valence-electron chi connectivity index (χ0n) is 9.81. The van der Waals surface area contributed by atoms with Crippen LogP contribution < -0.4 is 0 Å². The van der Waals surface area contributed by atoms with Gasteiger partial charge in [0.1, 0.15) is 6.33 Å². The molecular formula is C12H17N3O. The van der Waals surface area contributed by atoms with E-state index in [-0.39, 0.29) is 5.91 Å². The van der Waals surface area contributed by atoms with Crippen LogP contribution in [0.25, 0.3) is 0 Å². The van der Waals surface area contributed by atoms with Gasteiger partial charge in [0, 0.05) is 19.2 Å². The Bertz CT molecular complexity index is 390. The number of aromatic nitrogens is 2. The fourth-order valence-electron chi connectivity index (χ4n) is 1.94. The van der Waals surface area contributed by atoms with Gasteiger partial charge in [-0.05, 0) is 17.9 Å². The summed E-state index contributed by atoms with van der Waals surface area (Å²) in [5.41, 5.74) is 2.18. The van der Waals surface area contributed by atoms with Crippen molar-refractivity contribution in [3.05, 3.63) is 23.8 Å². The van der Waals surface area contributed by atoms with Crippen molar-refractivity contribution in [1.82, 2.24) is 14.9 Å². The van der Waals surface area contributed by atoms with Crippen LogP contribution in [0.1, 0.15) is 31.5 Å². The first-order valence-corrected chi connectivity index (χ1v) is 5.72. The number of carbonyl (C=O) groups excluding carboxylic acids is 1. The molecular weight excluding hydrogens is 202 g/mol. The number of hydrogen-bond donors (Lipinski definition) is 0. The van der Waals surface area contributed by atoms with Gasteiger partial charge < -0.3 is 4.90 Å². The predicted molar refractivity (Wildman–Crippen MR) is 60.6 cm³/mol. The van der Waals surface area contributed by atoms with Gasteiger partial charge in [0.25, 0.3) is 0 Å². The van der Waals surface area contributed by atoms with E-state index in [0.29, 0.717) is 18.9 Å². The van der Waals surface area contributed by atoms with Crippen LogP contribution in [0.4, 0.5) is 0 Å². The largest absolute Gasteiger partial charge is 0.336 e. The lowest BCUT2D eigenvalue weighted by Crippen LogP contribution is -2.37. The standard InChI is InChI=1S/C12H17N3O/c1-9(2)5-12(16)15-4-3-10-6-13-8-14-11(10)7-15/h6,8-9H,3-5,7H2,1-2H3. The second-order valence-corrected chi connectivity index (χ2v) is 4.66. The Morgan fingerprint density at radius 1 is 1.56 bits per heavy atom. The molecule has 0 N–H and O–H groups in total. The summed E-state index contributed by atoms with van der Waals surface area (Å²) in [5, 5.41) is 0. The average Bonchev–Trinajstić information content (AvgIpc) is 2.27. The van der Waals surface area contributed by atoms with Gasteiger partial charge in [0.15, 0.2) is 0 Å². The second-order valence-electron chi connectivity index (χ2n) is 4.66. The molecule has 1 aromatic heterocycles. The molecule has 1 aliphatic heterocycles. The Morgan fingerprint density at radius 3 is 3.12 bits per heavy atom. The topological polar surface area (TPSA) is 46.1 Å². The third-order valence-electron chi connectivity index (χ3n) is 2.81. The molecule has 2 heterocycles. The Kier molecular flexibility index (Phi) is 3.17. The van der Waals surface area contributed by atoms with E-state index in [0.717, 1.165) is 18.7 Å². The zero-order chi connectivity index (χ0) is 11.5. The maximum atomic E-state index is 11.9. The van der Waals surface area contributed by atoms with E-state index in [2.05, 4.69) is 23.8 Å². The molecule has 1 amide bonds. The third kappa shape index (κ3) is 2.38. The fraction of sp³-hybridized carbons (Fsp3) is 0.583. The van der Waals surface area contributed by atoms with E-state index in [4.69, 9.17) is 0 Å². The normalized spacial score (nSPS) is 15.1. The summed E-state index contributed by atoms with van der Waals surface area (Å²) in [7, 11) is 0. The molecule has 0 radical (unpaired) electrons. The van der Waals surface area contributed by atoms with Crippen LogP contribution in [0.2, 0.25) is 0 Å². The van der Waals surface area contributed by atoms with Crippen molar-refractivity contribution in [2.75, 3.05) is 6.54 Å². The summed E-state index contributed by atoms with van der Waals surface area (Å²) >= 11 is 0. The molecule has 4 heteroatoms.